The maximum Gasteiger partial charge on any atom is 0.191 e. The van der Waals surface area contributed by atoms with Crippen LogP contribution in [0.2, 0.25) is 0 Å². The highest BCUT2D eigenvalue weighted by Crippen LogP contribution is 2.20. The average molecular weight is 385 g/mol. The molecule has 152 valence electrons. The maximum atomic E-state index is 5.93. The van der Waals surface area contributed by atoms with Gasteiger partial charge in [-0.25, -0.2) is 0 Å². The molecule has 0 spiro atoms. The topological polar surface area (TPSA) is 58.1 Å². The van der Waals surface area contributed by atoms with Crippen LogP contribution in [0.15, 0.2) is 47.5 Å². The fourth-order valence-electron chi connectivity index (χ4n) is 2.71. The van der Waals surface area contributed by atoms with Crippen LogP contribution < -0.4 is 20.1 Å². The first-order valence-electron chi connectivity index (χ1n) is 9.47. The first kappa shape index (κ1) is 21.6. The van der Waals surface area contributed by atoms with E-state index in [4.69, 9.17) is 9.47 Å². The average Bonchev–Trinajstić information content (AvgIpc) is 2.69. The SMILES string of the molecule is CN=C(NCc1ccc(C)cc1OC)NCc1ccccc1OCCN(C)C. The van der Waals surface area contributed by atoms with Crippen LogP contribution in [0.5, 0.6) is 11.5 Å². The number of benzene rings is 2. The molecule has 0 bridgehead atoms. The third-order valence-corrected chi connectivity index (χ3v) is 4.33. The van der Waals surface area contributed by atoms with Crippen molar-refractivity contribution in [3.63, 3.8) is 0 Å². The van der Waals surface area contributed by atoms with Gasteiger partial charge in [-0.3, -0.25) is 4.99 Å². The lowest BCUT2D eigenvalue weighted by Gasteiger charge is -2.16. The summed E-state index contributed by atoms with van der Waals surface area (Å²) in [5.74, 6) is 2.50. The van der Waals surface area contributed by atoms with Crippen molar-refractivity contribution in [2.45, 2.75) is 20.0 Å². The molecule has 0 heterocycles. The summed E-state index contributed by atoms with van der Waals surface area (Å²) in [5, 5.41) is 6.69. The van der Waals surface area contributed by atoms with Crippen molar-refractivity contribution < 1.29 is 9.47 Å². The van der Waals surface area contributed by atoms with Crippen LogP contribution in [0.25, 0.3) is 0 Å². The Balaban J connectivity index is 1.92. The molecule has 2 aromatic carbocycles. The Hall–Kier alpha value is -2.73. The number of para-hydroxylation sites is 1. The molecule has 0 atom stereocenters. The summed E-state index contributed by atoms with van der Waals surface area (Å²) < 4.78 is 11.4. The number of nitrogens with one attached hydrogen (secondary N) is 2. The summed E-state index contributed by atoms with van der Waals surface area (Å²) >= 11 is 0. The molecule has 0 saturated heterocycles. The van der Waals surface area contributed by atoms with Crippen LogP contribution in [0.4, 0.5) is 0 Å². The standard InChI is InChI=1S/C22H32N4O2/c1-17-10-11-19(21(14-17)27-5)16-25-22(23-2)24-15-18-8-6-7-9-20(18)28-13-12-26(3)4/h6-11,14H,12-13,15-16H2,1-5H3,(H2,23,24,25). The number of nitrogens with zero attached hydrogens (tertiary/aromatic N) is 2. The van der Waals surface area contributed by atoms with Gasteiger partial charge in [0, 0.05) is 37.8 Å². The molecular formula is C22H32N4O2. The van der Waals surface area contributed by atoms with Crippen molar-refractivity contribution in [1.82, 2.24) is 15.5 Å². The third kappa shape index (κ3) is 6.78. The van der Waals surface area contributed by atoms with Crippen molar-refractivity contribution in [2.75, 3.05) is 41.4 Å². The lowest BCUT2D eigenvalue weighted by molar-refractivity contribution is 0.259. The molecule has 0 amide bonds. The molecule has 2 N–H and O–H groups in total. The van der Waals surface area contributed by atoms with Crippen LogP contribution in [0, 0.1) is 6.92 Å². The van der Waals surface area contributed by atoms with Gasteiger partial charge in [0.25, 0.3) is 0 Å². The lowest BCUT2D eigenvalue weighted by atomic mass is 10.1. The van der Waals surface area contributed by atoms with E-state index in [1.54, 1.807) is 14.2 Å². The molecule has 0 aliphatic heterocycles. The Bertz CT molecular complexity index is 775. The zero-order valence-electron chi connectivity index (χ0n) is 17.6. The minimum atomic E-state index is 0.628. The molecule has 2 aromatic rings. The number of likely N-dealkylation sites (N-methyl/N-ethyl adjacent to an activating group) is 1. The van der Waals surface area contributed by atoms with Gasteiger partial charge in [-0.05, 0) is 38.7 Å². The van der Waals surface area contributed by atoms with Gasteiger partial charge in [0.15, 0.2) is 5.96 Å². The van der Waals surface area contributed by atoms with E-state index in [0.29, 0.717) is 19.7 Å². The van der Waals surface area contributed by atoms with Crippen molar-refractivity contribution in [3.8, 4) is 11.5 Å². The van der Waals surface area contributed by atoms with E-state index in [9.17, 15) is 0 Å². The zero-order chi connectivity index (χ0) is 20.4. The summed E-state index contributed by atoms with van der Waals surface area (Å²) in [6, 6.07) is 14.3. The summed E-state index contributed by atoms with van der Waals surface area (Å²) in [4.78, 5) is 6.42. The first-order chi connectivity index (χ1) is 13.5. The van der Waals surface area contributed by atoms with Gasteiger partial charge in [-0.1, -0.05) is 30.3 Å². The molecule has 0 fully saturated rings. The predicted molar refractivity (Wildman–Crippen MR) is 115 cm³/mol. The van der Waals surface area contributed by atoms with E-state index in [1.165, 1.54) is 5.56 Å². The fourth-order valence-corrected chi connectivity index (χ4v) is 2.71. The monoisotopic (exact) mass is 384 g/mol. The van der Waals surface area contributed by atoms with Gasteiger partial charge >= 0.3 is 0 Å². The highest BCUT2D eigenvalue weighted by atomic mass is 16.5. The molecule has 6 heteroatoms. The van der Waals surface area contributed by atoms with Crippen LogP contribution in [-0.4, -0.2) is 52.3 Å². The second-order valence-electron chi connectivity index (χ2n) is 6.85. The molecule has 0 radical (unpaired) electrons. The minimum Gasteiger partial charge on any atom is -0.496 e. The summed E-state index contributed by atoms with van der Waals surface area (Å²) in [6.45, 7) is 4.85. The van der Waals surface area contributed by atoms with Crippen molar-refractivity contribution in [2.24, 2.45) is 4.99 Å². The fraction of sp³-hybridized carbons (Fsp3) is 0.409. The molecule has 6 nitrogen and oxygen atoms in total. The number of hydrogen-bond donors (Lipinski definition) is 2. The minimum absolute atomic E-state index is 0.628. The number of aryl methyl sites for hydroxylation is 1. The molecule has 0 aliphatic rings. The summed E-state index contributed by atoms with van der Waals surface area (Å²) in [5.41, 5.74) is 3.36. The largest absolute Gasteiger partial charge is 0.496 e. The number of methoxy groups -OCH3 is 1. The van der Waals surface area contributed by atoms with Crippen LogP contribution in [-0.2, 0) is 13.1 Å². The van der Waals surface area contributed by atoms with Gasteiger partial charge in [0.2, 0.25) is 0 Å². The molecule has 0 saturated carbocycles. The van der Waals surface area contributed by atoms with Gasteiger partial charge < -0.3 is 25.0 Å². The Kier molecular flexibility index (Phi) is 8.62. The van der Waals surface area contributed by atoms with Crippen molar-refractivity contribution in [3.05, 3.63) is 59.2 Å². The second kappa shape index (κ2) is 11.2. The Labute approximate surface area is 168 Å². The van der Waals surface area contributed by atoms with Gasteiger partial charge in [0.1, 0.15) is 18.1 Å². The van der Waals surface area contributed by atoms with E-state index in [0.717, 1.165) is 35.1 Å². The maximum absolute atomic E-state index is 5.93. The molecule has 28 heavy (non-hydrogen) atoms. The highest BCUT2D eigenvalue weighted by Gasteiger charge is 2.07. The Morgan fingerprint density at radius 2 is 1.68 bits per heavy atom. The van der Waals surface area contributed by atoms with Crippen LogP contribution in [0.1, 0.15) is 16.7 Å². The first-order valence-corrected chi connectivity index (χ1v) is 9.47. The normalized spacial score (nSPS) is 11.4. The highest BCUT2D eigenvalue weighted by molar-refractivity contribution is 5.79. The summed E-state index contributed by atoms with van der Waals surface area (Å²) in [6.07, 6.45) is 0. The second-order valence-corrected chi connectivity index (χ2v) is 6.85. The van der Waals surface area contributed by atoms with Gasteiger partial charge in [-0.2, -0.15) is 0 Å². The number of aliphatic imine (C=N–C) groups is 1. The van der Waals surface area contributed by atoms with E-state index in [-0.39, 0.29) is 0 Å². The number of ether oxygens (including phenoxy) is 2. The van der Waals surface area contributed by atoms with Gasteiger partial charge in [-0.15, -0.1) is 0 Å². The quantitative estimate of drug-likeness (QED) is 0.514. The van der Waals surface area contributed by atoms with Crippen molar-refractivity contribution in [1.29, 1.82) is 0 Å². The molecular weight excluding hydrogens is 352 g/mol. The van der Waals surface area contributed by atoms with E-state index >= 15 is 0 Å². The van der Waals surface area contributed by atoms with Crippen LogP contribution >= 0.6 is 0 Å². The lowest BCUT2D eigenvalue weighted by Crippen LogP contribution is -2.36. The molecule has 2 rings (SSSR count). The molecule has 0 unspecified atom stereocenters. The predicted octanol–water partition coefficient (Wildman–Crippen LogP) is 2.81. The number of guanidine groups is 1. The van der Waals surface area contributed by atoms with Gasteiger partial charge in [0.05, 0.1) is 7.11 Å². The summed E-state index contributed by atoms with van der Waals surface area (Å²) in [7, 11) is 7.53. The number of rotatable bonds is 9. The van der Waals surface area contributed by atoms with E-state index < -0.39 is 0 Å². The Morgan fingerprint density at radius 3 is 2.32 bits per heavy atom. The molecule has 0 aliphatic carbocycles. The molecule has 0 aromatic heterocycles. The van der Waals surface area contributed by atoms with Crippen molar-refractivity contribution >= 4 is 5.96 Å². The van der Waals surface area contributed by atoms with E-state index in [2.05, 4.69) is 45.6 Å². The Morgan fingerprint density at radius 1 is 1.00 bits per heavy atom. The third-order valence-electron chi connectivity index (χ3n) is 4.33. The number of hydrogen-bond acceptors (Lipinski definition) is 4. The smallest absolute Gasteiger partial charge is 0.191 e. The van der Waals surface area contributed by atoms with Crippen LogP contribution in [0.3, 0.4) is 0 Å². The van der Waals surface area contributed by atoms with E-state index in [1.807, 2.05) is 38.4 Å². The zero-order valence-corrected chi connectivity index (χ0v) is 17.6.